The van der Waals surface area contributed by atoms with Gasteiger partial charge in [0.25, 0.3) is 0 Å². The van der Waals surface area contributed by atoms with Crippen LogP contribution in [0, 0.1) is 0 Å². The highest BCUT2D eigenvalue weighted by Gasteiger charge is 2.26. The van der Waals surface area contributed by atoms with E-state index in [0.717, 1.165) is 20.0 Å². The molecule has 1 saturated heterocycles. The average Bonchev–Trinajstić information content (AvgIpc) is 2.48. The molecule has 1 fully saturated rings. The van der Waals surface area contributed by atoms with Crippen LogP contribution in [0.5, 0.6) is 0 Å². The van der Waals surface area contributed by atoms with E-state index in [4.69, 9.17) is 9.63 Å². The van der Waals surface area contributed by atoms with Gasteiger partial charge in [0, 0.05) is 13.1 Å². The smallest absolute Gasteiger partial charge is 0.382 e. The monoisotopic (exact) mass is 208 g/mol. The topological polar surface area (TPSA) is 65.0 Å². The van der Waals surface area contributed by atoms with Gasteiger partial charge in [-0.15, -0.1) is 0 Å². The van der Waals surface area contributed by atoms with Crippen molar-refractivity contribution in [3.63, 3.8) is 0 Å². The Bertz CT molecular complexity index is 211. The highest BCUT2D eigenvalue weighted by Crippen LogP contribution is 2.42. The predicted octanol–water partition coefficient (Wildman–Crippen LogP) is -0.112. The predicted molar refractivity (Wildman–Crippen MR) is 49.2 cm³/mol. The molecule has 0 saturated carbocycles. The van der Waals surface area contributed by atoms with Crippen molar-refractivity contribution in [3.8, 4) is 0 Å². The van der Waals surface area contributed by atoms with Crippen molar-refractivity contribution in [2.45, 2.75) is 24.9 Å². The van der Waals surface area contributed by atoms with Crippen LogP contribution in [0.1, 0.15) is 12.8 Å². The van der Waals surface area contributed by atoms with Crippen LogP contribution in [0.15, 0.2) is 0 Å². The maximum absolute atomic E-state index is 10.9. The van der Waals surface area contributed by atoms with Gasteiger partial charge in [0.1, 0.15) is 7.85 Å². The molecule has 1 N–H and O–H groups in total. The molecular formula is C6H14BO5P. The molecule has 1 aliphatic heterocycles. The first-order valence-electron chi connectivity index (χ1n) is 4.22. The Morgan fingerprint density at radius 1 is 1.69 bits per heavy atom. The third-order valence-electron chi connectivity index (χ3n) is 1.97. The average molecular weight is 208 g/mol. The van der Waals surface area contributed by atoms with Crippen molar-refractivity contribution in [3.05, 3.63) is 0 Å². The molecule has 0 spiro atoms. The lowest BCUT2D eigenvalue weighted by molar-refractivity contribution is 0.0379. The lowest BCUT2D eigenvalue weighted by Crippen LogP contribution is -2.16. The molecule has 0 aromatic carbocycles. The van der Waals surface area contributed by atoms with E-state index in [0.29, 0.717) is 0 Å². The van der Waals surface area contributed by atoms with E-state index < -0.39 is 7.82 Å². The number of rotatable bonds is 4. The SMILES string of the molecule is B[C@H]1CC[C@@H](COP(=O)(O)OC)O1. The summed E-state index contributed by atoms with van der Waals surface area (Å²) in [7, 11) is -0.721. The Labute approximate surface area is 78.4 Å². The molecule has 0 aromatic heterocycles. The Morgan fingerprint density at radius 3 is 2.85 bits per heavy atom. The van der Waals surface area contributed by atoms with E-state index in [1.165, 1.54) is 0 Å². The zero-order valence-electron chi connectivity index (χ0n) is 7.80. The van der Waals surface area contributed by atoms with Crippen LogP contribution in [-0.4, -0.2) is 38.6 Å². The minimum Gasteiger partial charge on any atom is -0.382 e. The molecule has 3 atom stereocenters. The zero-order valence-corrected chi connectivity index (χ0v) is 8.70. The van der Waals surface area contributed by atoms with Crippen molar-refractivity contribution in [2.75, 3.05) is 13.7 Å². The van der Waals surface area contributed by atoms with Gasteiger partial charge in [-0.1, -0.05) is 0 Å². The largest absolute Gasteiger partial charge is 0.472 e. The maximum Gasteiger partial charge on any atom is 0.472 e. The van der Waals surface area contributed by atoms with Crippen molar-refractivity contribution >= 4 is 15.7 Å². The van der Waals surface area contributed by atoms with E-state index in [9.17, 15) is 4.57 Å². The number of hydrogen-bond donors (Lipinski definition) is 1. The third-order valence-corrected chi connectivity index (χ3v) is 2.91. The standard InChI is InChI=1S/C6H14BO5P/c1-10-13(8,9)11-4-5-2-3-6(7)12-5/h5-6H,2-4,7H2,1H3,(H,8,9)/t5-,6+/m0/s1. The van der Waals surface area contributed by atoms with Crippen molar-refractivity contribution in [1.82, 2.24) is 0 Å². The van der Waals surface area contributed by atoms with Gasteiger partial charge in [0.2, 0.25) is 0 Å². The minimum absolute atomic E-state index is 0.0781. The number of hydrogen-bond acceptors (Lipinski definition) is 4. The molecule has 0 aliphatic carbocycles. The van der Waals surface area contributed by atoms with Gasteiger partial charge in [-0.3, -0.25) is 9.05 Å². The first-order chi connectivity index (χ1) is 6.03. The quantitative estimate of drug-likeness (QED) is 0.515. The highest BCUT2D eigenvalue weighted by molar-refractivity contribution is 7.47. The van der Waals surface area contributed by atoms with Crippen molar-refractivity contribution in [2.24, 2.45) is 0 Å². The van der Waals surface area contributed by atoms with E-state index >= 15 is 0 Å². The number of phosphoric ester groups is 1. The molecule has 0 amide bonds. The van der Waals surface area contributed by atoms with Gasteiger partial charge in [-0.05, 0) is 12.8 Å². The lowest BCUT2D eigenvalue weighted by atomic mass is 9.97. The normalized spacial score (nSPS) is 33.1. The molecule has 0 bridgehead atoms. The number of phosphoric acid groups is 1. The molecule has 1 aliphatic rings. The second kappa shape index (κ2) is 4.57. The van der Waals surface area contributed by atoms with Crippen LogP contribution in [0.25, 0.3) is 0 Å². The van der Waals surface area contributed by atoms with Crippen LogP contribution in [0.2, 0.25) is 0 Å². The summed E-state index contributed by atoms with van der Waals surface area (Å²) in [6.45, 7) is 0.117. The molecule has 1 rings (SSSR count). The van der Waals surface area contributed by atoms with Gasteiger partial charge in [-0.2, -0.15) is 0 Å². The summed E-state index contributed by atoms with van der Waals surface area (Å²) < 4.78 is 25.2. The van der Waals surface area contributed by atoms with Crippen LogP contribution in [0.4, 0.5) is 0 Å². The summed E-state index contributed by atoms with van der Waals surface area (Å²) in [5, 5.41) is 0. The summed E-state index contributed by atoms with van der Waals surface area (Å²) in [6, 6.07) is 0.217. The highest BCUT2D eigenvalue weighted by atomic mass is 31.2. The number of ether oxygens (including phenoxy) is 1. The summed E-state index contributed by atoms with van der Waals surface area (Å²) in [5.41, 5.74) is 0. The van der Waals surface area contributed by atoms with Gasteiger partial charge < -0.3 is 9.63 Å². The third kappa shape index (κ3) is 3.79. The Hall–Kier alpha value is 0.135. The molecule has 0 aromatic rings. The van der Waals surface area contributed by atoms with E-state index in [1.54, 1.807) is 0 Å². The van der Waals surface area contributed by atoms with Crippen LogP contribution in [0.3, 0.4) is 0 Å². The molecule has 1 heterocycles. The molecule has 7 heteroatoms. The molecule has 0 radical (unpaired) electrons. The second-order valence-electron chi connectivity index (χ2n) is 3.09. The Balaban J connectivity index is 2.23. The summed E-state index contributed by atoms with van der Waals surface area (Å²) >= 11 is 0. The molecule has 76 valence electrons. The van der Waals surface area contributed by atoms with Gasteiger partial charge >= 0.3 is 7.82 Å². The zero-order chi connectivity index (χ0) is 9.90. The first-order valence-corrected chi connectivity index (χ1v) is 5.71. The van der Waals surface area contributed by atoms with Gasteiger partial charge in [-0.25, -0.2) is 4.57 Å². The van der Waals surface area contributed by atoms with E-state index in [-0.39, 0.29) is 18.7 Å². The summed E-state index contributed by atoms with van der Waals surface area (Å²) in [5.74, 6) is 0. The fraction of sp³-hybridized carbons (Fsp3) is 1.00. The van der Waals surface area contributed by atoms with Crippen LogP contribution >= 0.6 is 7.82 Å². The fourth-order valence-corrected chi connectivity index (χ4v) is 1.70. The van der Waals surface area contributed by atoms with Crippen molar-refractivity contribution in [1.29, 1.82) is 0 Å². The van der Waals surface area contributed by atoms with E-state index in [1.807, 2.05) is 7.85 Å². The summed E-state index contributed by atoms with van der Waals surface area (Å²) in [6.07, 6.45) is 1.76. The minimum atomic E-state index is -3.83. The summed E-state index contributed by atoms with van der Waals surface area (Å²) in [4.78, 5) is 8.90. The Morgan fingerprint density at radius 2 is 2.38 bits per heavy atom. The molecule has 13 heavy (non-hydrogen) atoms. The first kappa shape index (κ1) is 11.2. The maximum atomic E-state index is 10.9. The van der Waals surface area contributed by atoms with Crippen LogP contribution in [-0.2, 0) is 18.3 Å². The van der Waals surface area contributed by atoms with Gasteiger partial charge in [0.05, 0.1) is 12.7 Å². The lowest BCUT2D eigenvalue weighted by Gasteiger charge is -2.13. The van der Waals surface area contributed by atoms with Gasteiger partial charge in [0.15, 0.2) is 0 Å². The van der Waals surface area contributed by atoms with Crippen LogP contribution < -0.4 is 0 Å². The molecule has 1 unspecified atom stereocenters. The van der Waals surface area contributed by atoms with E-state index in [2.05, 4.69) is 9.05 Å². The fourth-order valence-electron chi connectivity index (χ4n) is 1.24. The molecule has 5 nitrogen and oxygen atoms in total. The van der Waals surface area contributed by atoms with Crippen molar-refractivity contribution < 1.29 is 23.2 Å². The molecular weight excluding hydrogens is 194 g/mol. The Kier molecular flexibility index (Phi) is 3.95. The second-order valence-corrected chi connectivity index (χ2v) is 4.65.